The molecule has 0 aromatic carbocycles. The van der Waals surface area contributed by atoms with Crippen LogP contribution in [0, 0.1) is 0 Å². The molecule has 2 aromatic rings. The molecule has 8 heteroatoms. The van der Waals surface area contributed by atoms with Gasteiger partial charge in [0.2, 0.25) is 5.91 Å². The van der Waals surface area contributed by atoms with Crippen molar-refractivity contribution in [2.45, 2.75) is 6.92 Å². The Morgan fingerprint density at radius 3 is 3.05 bits per heavy atom. The fraction of sp³-hybridized carbons (Fsp3) is 0.308. The number of ether oxygens (including phenoxy) is 1. The average Bonchev–Trinajstić information content (AvgIpc) is 2.97. The third-order valence-corrected chi connectivity index (χ3v) is 3.72. The van der Waals surface area contributed by atoms with Crippen molar-refractivity contribution in [3.05, 3.63) is 28.5 Å². The van der Waals surface area contributed by atoms with Gasteiger partial charge >= 0.3 is 5.97 Å². The molecule has 0 aliphatic rings. The monoisotopic (exact) mass is 327 g/mol. The Hall–Kier alpha value is -1.86. The molecular weight excluding hydrogens is 314 g/mol. The minimum atomic E-state index is -0.440. The second-order valence-corrected chi connectivity index (χ2v) is 5.41. The smallest absolute Gasteiger partial charge is 0.325 e. The maximum atomic E-state index is 11.9. The highest BCUT2D eigenvalue weighted by molar-refractivity contribution is 7.15. The van der Waals surface area contributed by atoms with Gasteiger partial charge in [0.05, 0.1) is 12.3 Å². The zero-order valence-corrected chi connectivity index (χ0v) is 13.1. The molecule has 1 amide bonds. The molecule has 0 aliphatic heterocycles. The van der Waals surface area contributed by atoms with Crippen molar-refractivity contribution in [3.8, 4) is 0 Å². The first-order valence-electron chi connectivity index (χ1n) is 6.22. The van der Waals surface area contributed by atoms with Gasteiger partial charge in [-0.25, -0.2) is 4.98 Å². The molecule has 112 valence electrons. The highest BCUT2D eigenvalue weighted by Gasteiger charge is 2.12. The summed E-state index contributed by atoms with van der Waals surface area (Å²) in [5, 5.41) is 2.21. The average molecular weight is 328 g/mol. The molecule has 0 N–H and O–H groups in total. The van der Waals surface area contributed by atoms with Crippen LogP contribution in [0.5, 0.6) is 0 Å². The van der Waals surface area contributed by atoms with Crippen LogP contribution in [0.15, 0.2) is 17.7 Å². The summed E-state index contributed by atoms with van der Waals surface area (Å²) in [5.41, 5.74) is 0.630. The van der Waals surface area contributed by atoms with Gasteiger partial charge in [0, 0.05) is 24.7 Å². The number of amides is 1. The van der Waals surface area contributed by atoms with Gasteiger partial charge in [-0.3, -0.25) is 14.0 Å². The summed E-state index contributed by atoms with van der Waals surface area (Å²) in [6, 6.07) is 0. The lowest BCUT2D eigenvalue weighted by Gasteiger charge is -2.13. The van der Waals surface area contributed by atoms with Gasteiger partial charge in [-0.05, 0) is 13.0 Å². The molecule has 2 rings (SSSR count). The molecule has 6 nitrogen and oxygen atoms in total. The number of nitrogens with zero attached hydrogens (tertiary/aromatic N) is 3. The van der Waals surface area contributed by atoms with E-state index in [1.54, 1.807) is 17.4 Å². The zero-order chi connectivity index (χ0) is 15.4. The molecule has 0 saturated heterocycles. The fourth-order valence-electron chi connectivity index (χ4n) is 1.68. The van der Waals surface area contributed by atoms with Crippen molar-refractivity contribution in [3.63, 3.8) is 0 Å². The molecule has 0 aliphatic carbocycles. The predicted molar refractivity (Wildman–Crippen MR) is 81.4 cm³/mol. The van der Waals surface area contributed by atoms with E-state index in [2.05, 4.69) is 4.98 Å². The normalized spacial score (nSPS) is 11.2. The zero-order valence-electron chi connectivity index (χ0n) is 11.6. The Morgan fingerprint density at radius 2 is 2.33 bits per heavy atom. The number of esters is 1. The highest BCUT2D eigenvalue weighted by atomic mass is 35.5. The van der Waals surface area contributed by atoms with Crippen molar-refractivity contribution < 1.29 is 14.3 Å². The van der Waals surface area contributed by atoms with E-state index < -0.39 is 5.97 Å². The first-order chi connectivity index (χ1) is 10.0. The van der Waals surface area contributed by atoms with Crippen molar-refractivity contribution in [2.75, 3.05) is 20.2 Å². The summed E-state index contributed by atoms with van der Waals surface area (Å²) < 4.78 is 6.58. The maximum Gasteiger partial charge on any atom is 0.325 e. The Bertz CT molecular complexity index is 692. The van der Waals surface area contributed by atoms with E-state index >= 15 is 0 Å². The van der Waals surface area contributed by atoms with Gasteiger partial charge in [-0.2, -0.15) is 0 Å². The van der Waals surface area contributed by atoms with E-state index in [1.807, 2.05) is 11.6 Å². The number of thiazole rings is 1. The number of rotatable bonds is 5. The van der Waals surface area contributed by atoms with E-state index in [-0.39, 0.29) is 19.1 Å². The van der Waals surface area contributed by atoms with E-state index in [0.29, 0.717) is 10.8 Å². The van der Waals surface area contributed by atoms with Crippen LogP contribution in [-0.4, -0.2) is 46.4 Å². The standard InChI is InChI=1S/C13H14ClN3O3S/c1-3-20-11(19)8-16(2)10(18)5-4-9-12(14)15-13-17(9)6-7-21-13/h4-7H,3,8H2,1-2H3. The van der Waals surface area contributed by atoms with Gasteiger partial charge in [0.1, 0.15) is 6.54 Å². The quantitative estimate of drug-likeness (QED) is 0.623. The number of aromatic nitrogens is 2. The van der Waals surface area contributed by atoms with Crippen LogP contribution in [0.3, 0.4) is 0 Å². The van der Waals surface area contributed by atoms with Gasteiger partial charge in [-0.1, -0.05) is 11.6 Å². The van der Waals surface area contributed by atoms with Crippen LogP contribution >= 0.6 is 22.9 Å². The molecule has 0 radical (unpaired) electrons. The number of fused-ring (bicyclic) bond motifs is 1. The largest absolute Gasteiger partial charge is 0.465 e. The molecule has 2 heterocycles. The number of halogens is 1. The van der Waals surface area contributed by atoms with Gasteiger partial charge < -0.3 is 9.64 Å². The molecule has 21 heavy (non-hydrogen) atoms. The molecule has 2 aromatic heterocycles. The van der Waals surface area contributed by atoms with Crippen LogP contribution in [0.25, 0.3) is 11.0 Å². The van der Waals surface area contributed by atoms with Crippen LogP contribution in [-0.2, 0) is 14.3 Å². The fourth-order valence-corrected chi connectivity index (χ4v) is 2.69. The molecule has 0 spiro atoms. The van der Waals surface area contributed by atoms with Crippen molar-refractivity contribution in [2.24, 2.45) is 0 Å². The minimum absolute atomic E-state index is 0.0922. The number of imidazole rings is 1. The van der Waals surface area contributed by atoms with Gasteiger partial charge in [0.15, 0.2) is 10.1 Å². The lowest BCUT2D eigenvalue weighted by atomic mass is 10.3. The summed E-state index contributed by atoms with van der Waals surface area (Å²) in [6.07, 6.45) is 4.76. The summed E-state index contributed by atoms with van der Waals surface area (Å²) in [5.74, 6) is -0.756. The lowest BCUT2D eigenvalue weighted by Crippen LogP contribution is -2.31. The van der Waals surface area contributed by atoms with Gasteiger partial charge in [-0.15, -0.1) is 11.3 Å². The molecule has 0 bridgehead atoms. The second-order valence-electron chi connectivity index (χ2n) is 4.18. The summed E-state index contributed by atoms with van der Waals surface area (Å²) in [7, 11) is 1.53. The molecule has 0 unspecified atom stereocenters. The van der Waals surface area contributed by atoms with Crippen LogP contribution < -0.4 is 0 Å². The summed E-state index contributed by atoms with van der Waals surface area (Å²) >= 11 is 7.48. The van der Waals surface area contributed by atoms with Crippen molar-refractivity contribution >= 4 is 45.9 Å². The molecular formula is C13H14ClN3O3S. The Morgan fingerprint density at radius 1 is 1.57 bits per heavy atom. The number of hydrogen-bond acceptors (Lipinski definition) is 5. The topological polar surface area (TPSA) is 63.9 Å². The van der Waals surface area contributed by atoms with Crippen molar-refractivity contribution in [1.29, 1.82) is 0 Å². The van der Waals surface area contributed by atoms with E-state index in [4.69, 9.17) is 16.3 Å². The number of carbonyl (C=O) groups excluding carboxylic acids is 2. The van der Waals surface area contributed by atoms with Crippen LogP contribution in [0.2, 0.25) is 5.15 Å². The Balaban J connectivity index is 2.06. The first kappa shape index (κ1) is 15.5. The Kier molecular flexibility index (Phi) is 4.98. The second kappa shape index (κ2) is 6.73. The first-order valence-corrected chi connectivity index (χ1v) is 7.48. The van der Waals surface area contributed by atoms with Crippen LogP contribution in [0.1, 0.15) is 12.6 Å². The molecule has 0 fully saturated rings. The molecule has 0 saturated carbocycles. The number of hydrogen-bond donors (Lipinski definition) is 0. The SMILES string of the molecule is CCOC(=O)CN(C)C(=O)C=Cc1c(Cl)nc2sccn12. The summed E-state index contributed by atoms with van der Waals surface area (Å²) in [4.78, 5) is 29.4. The van der Waals surface area contributed by atoms with Gasteiger partial charge in [0.25, 0.3) is 0 Å². The minimum Gasteiger partial charge on any atom is -0.465 e. The number of likely N-dealkylation sites (N-methyl/N-ethyl adjacent to an activating group) is 1. The Labute approximate surface area is 130 Å². The van der Waals surface area contributed by atoms with Crippen LogP contribution in [0.4, 0.5) is 0 Å². The maximum absolute atomic E-state index is 11.9. The van der Waals surface area contributed by atoms with E-state index in [0.717, 1.165) is 4.96 Å². The third-order valence-electron chi connectivity index (χ3n) is 2.69. The third kappa shape index (κ3) is 3.62. The lowest BCUT2D eigenvalue weighted by molar-refractivity contribution is -0.146. The number of carbonyl (C=O) groups is 2. The van der Waals surface area contributed by atoms with E-state index in [1.165, 1.54) is 29.4 Å². The van der Waals surface area contributed by atoms with E-state index in [9.17, 15) is 9.59 Å². The molecule has 0 atom stereocenters. The highest BCUT2D eigenvalue weighted by Crippen LogP contribution is 2.22. The summed E-state index contributed by atoms with van der Waals surface area (Å²) in [6.45, 7) is 1.91. The van der Waals surface area contributed by atoms with Crippen molar-refractivity contribution in [1.82, 2.24) is 14.3 Å². The predicted octanol–water partition coefficient (Wildman–Crippen LogP) is 2.08.